The van der Waals surface area contributed by atoms with Gasteiger partial charge in [0.1, 0.15) is 6.61 Å². The van der Waals surface area contributed by atoms with Crippen molar-refractivity contribution in [3.05, 3.63) is 48.6 Å². The van der Waals surface area contributed by atoms with Gasteiger partial charge in [0.15, 0.2) is 6.10 Å². The number of carbonyl (C=O) groups excluding carboxylic acids is 2. The van der Waals surface area contributed by atoms with Crippen molar-refractivity contribution >= 4 is 19.8 Å². The number of carbonyl (C=O) groups is 2. The first-order chi connectivity index (χ1) is 22.3. The minimum Gasteiger partial charge on any atom is -0.462 e. The molecular weight excluding hydrogens is 603 g/mol. The first-order valence-electron chi connectivity index (χ1n) is 17.9. The summed E-state index contributed by atoms with van der Waals surface area (Å²) in [6.07, 6.45) is 38.4. The van der Waals surface area contributed by atoms with Crippen LogP contribution in [0.1, 0.15) is 155 Å². The second-order valence-corrected chi connectivity index (χ2v) is 13.1. The highest BCUT2D eigenvalue weighted by Crippen LogP contribution is 2.35. The summed E-state index contributed by atoms with van der Waals surface area (Å²) in [5, 5.41) is 0. The third-order valence-corrected chi connectivity index (χ3v) is 7.84. The Morgan fingerprint density at radius 2 is 1.00 bits per heavy atom. The first-order valence-corrected chi connectivity index (χ1v) is 19.5. The molecule has 0 saturated carbocycles. The van der Waals surface area contributed by atoms with Crippen LogP contribution in [0.5, 0.6) is 0 Å². The van der Waals surface area contributed by atoms with E-state index in [0.717, 1.165) is 38.5 Å². The maximum Gasteiger partial charge on any atom is 0.469 e. The van der Waals surface area contributed by atoms with E-state index in [1.54, 1.807) is 0 Å². The van der Waals surface area contributed by atoms with Crippen LogP contribution >= 0.6 is 7.82 Å². The molecule has 0 fully saturated rings. The topological polar surface area (TPSA) is 119 Å². The number of hydrogen-bond donors (Lipinski definition) is 2. The van der Waals surface area contributed by atoms with Gasteiger partial charge in [-0.3, -0.25) is 14.1 Å². The van der Waals surface area contributed by atoms with E-state index in [-0.39, 0.29) is 19.4 Å². The van der Waals surface area contributed by atoms with Crippen molar-refractivity contribution in [2.24, 2.45) is 0 Å². The zero-order valence-corrected chi connectivity index (χ0v) is 29.9. The molecule has 46 heavy (non-hydrogen) atoms. The van der Waals surface area contributed by atoms with Crippen LogP contribution in [0.2, 0.25) is 0 Å². The van der Waals surface area contributed by atoms with Crippen LogP contribution in [0.15, 0.2) is 48.6 Å². The van der Waals surface area contributed by atoms with Crippen LogP contribution in [0, 0.1) is 0 Å². The molecule has 0 aliphatic carbocycles. The highest BCUT2D eigenvalue weighted by Gasteiger charge is 2.22. The SMILES string of the molecule is CCCCC/C=C/C/C=C/C/C=C/C/C=C/CCCC(=O)O[C@H](COC(=O)CCCCCCCCCCCCC)COP(=O)(O)O. The third kappa shape index (κ3) is 34.9. The molecule has 0 aliphatic heterocycles. The molecule has 0 rings (SSSR count). The number of phosphoric acid groups is 1. The van der Waals surface area contributed by atoms with E-state index in [1.807, 2.05) is 6.08 Å². The zero-order valence-electron chi connectivity index (χ0n) is 29.0. The summed E-state index contributed by atoms with van der Waals surface area (Å²) in [5.74, 6) is -0.953. The van der Waals surface area contributed by atoms with Crippen molar-refractivity contribution in [3.8, 4) is 0 Å². The van der Waals surface area contributed by atoms with Crippen LogP contribution in [0.25, 0.3) is 0 Å². The molecule has 266 valence electrons. The molecule has 0 unspecified atom stereocenters. The lowest BCUT2D eigenvalue weighted by Crippen LogP contribution is -2.29. The lowest BCUT2D eigenvalue weighted by molar-refractivity contribution is -0.161. The smallest absolute Gasteiger partial charge is 0.462 e. The molecule has 0 aromatic rings. The lowest BCUT2D eigenvalue weighted by Gasteiger charge is -2.18. The van der Waals surface area contributed by atoms with Crippen molar-refractivity contribution in [1.29, 1.82) is 0 Å². The average molecular weight is 669 g/mol. The average Bonchev–Trinajstić information content (AvgIpc) is 3.02. The lowest BCUT2D eigenvalue weighted by atomic mass is 10.1. The highest BCUT2D eigenvalue weighted by molar-refractivity contribution is 7.46. The monoisotopic (exact) mass is 668 g/mol. The molecule has 0 aromatic carbocycles. The van der Waals surface area contributed by atoms with E-state index < -0.39 is 32.5 Å². The standard InChI is InChI=1S/C37H65O8P/c1-3-5-7-9-11-13-15-16-17-18-19-20-22-24-26-28-30-32-37(39)45-35(34-44-46(40,41)42)33-43-36(38)31-29-27-25-23-21-14-12-10-8-6-4-2/h11,13,16-17,19-20,24,26,35H,3-10,12,14-15,18,21-23,25,27-34H2,1-2H3,(H2,40,41,42)/b13-11+,17-16+,20-19+,26-24+/t35-/m1/s1. The Morgan fingerprint density at radius 1 is 0.565 bits per heavy atom. The zero-order chi connectivity index (χ0) is 34.0. The number of rotatable bonds is 32. The van der Waals surface area contributed by atoms with Gasteiger partial charge in [-0.15, -0.1) is 0 Å². The van der Waals surface area contributed by atoms with Crippen molar-refractivity contribution in [2.45, 2.75) is 161 Å². The number of esters is 2. The molecule has 9 heteroatoms. The predicted octanol–water partition coefficient (Wildman–Crippen LogP) is 10.4. The quantitative estimate of drug-likeness (QED) is 0.0315. The summed E-state index contributed by atoms with van der Waals surface area (Å²) < 4.78 is 26.2. The fourth-order valence-corrected chi connectivity index (χ4v) is 5.02. The molecule has 0 aromatic heterocycles. The maximum atomic E-state index is 12.3. The van der Waals surface area contributed by atoms with E-state index in [0.29, 0.717) is 12.8 Å². The second-order valence-electron chi connectivity index (χ2n) is 11.8. The fraction of sp³-hybridized carbons (Fsp3) is 0.730. The van der Waals surface area contributed by atoms with Crippen LogP contribution in [-0.4, -0.2) is 41.0 Å². The van der Waals surface area contributed by atoms with Crippen LogP contribution in [-0.2, 0) is 28.2 Å². The summed E-state index contributed by atoms with van der Waals surface area (Å²) in [4.78, 5) is 42.5. The van der Waals surface area contributed by atoms with Crippen molar-refractivity contribution in [1.82, 2.24) is 0 Å². The van der Waals surface area contributed by atoms with E-state index in [2.05, 4.69) is 60.9 Å². The highest BCUT2D eigenvalue weighted by atomic mass is 31.2. The molecule has 0 bridgehead atoms. The van der Waals surface area contributed by atoms with E-state index in [4.69, 9.17) is 19.3 Å². The maximum absolute atomic E-state index is 12.3. The van der Waals surface area contributed by atoms with Gasteiger partial charge in [-0.05, 0) is 51.4 Å². The minimum atomic E-state index is -4.76. The Morgan fingerprint density at radius 3 is 1.52 bits per heavy atom. The molecule has 1 atom stereocenters. The predicted molar refractivity (Wildman–Crippen MR) is 188 cm³/mol. The van der Waals surface area contributed by atoms with Crippen molar-refractivity contribution < 1.29 is 37.9 Å². The Labute approximate surface area is 280 Å². The molecule has 2 N–H and O–H groups in total. The molecule has 0 saturated heterocycles. The molecule has 8 nitrogen and oxygen atoms in total. The van der Waals surface area contributed by atoms with Gasteiger partial charge in [0, 0.05) is 12.8 Å². The van der Waals surface area contributed by atoms with Gasteiger partial charge in [-0.1, -0.05) is 140 Å². The van der Waals surface area contributed by atoms with E-state index >= 15 is 0 Å². The molecule has 0 aliphatic rings. The molecule has 0 amide bonds. The van der Waals surface area contributed by atoms with Gasteiger partial charge in [-0.2, -0.15) is 0 Å². The van der Waals surface area contributed by atoms with Gasteiger partial charge in [0.05, 0.1) is 6.61 Å². The number of hydrogen-bond acceptors (Lipinski definition) is 6. The van der Waals surface area contributed by atoms with Crippen LogP contribution in [0.4, 0.5) is 0 Å². The fourth-order valence-electron chi connectivity index (χ4n) is 4.66. The molecular formula is C37H65O8P. The number of unbranched alkanes of at least 4 members (excludes halogenated alkanes) is 14. The first kappa shape index (κ1) is 44.0. The molecule has 0 radical (unpaired) electrons. The Kier molecular flexibility index (Phi) is 31.5. The van der Waals surface area contributed by atoms with Gasteiger partial charge < -0.3 is 19.3 Å². The van der Waals surface area contributed by atoms with Crippen molar-refractivity contribution in [3.63, 3.8) is 0 Å². The van der Waals surface area contributed by atoms with Gasteiger partial charge in [0.2, 0.25) is 0 Å². The van der Waals surface area contributed by atoms with Gasteiger partial charge in [-0.25, -0.2) is 4.57 Å². The summed E-state index contributed by atoms with van der Waals surface area (Å²) in [7, 11) is -4.76. The Bertz CT molecular complexity index is 890. The number of phosphoric ester groups is 1. The second kappa shape index (κ2) is 32.9. The Balaban J connectivity index is 4.11. The Hall–Kier alpha value is -1.99. The van der Waals surface area contributed by atoms with E-state index in [1.165, 1.54) is 77.0 Å². The summed E-state index contributed by atoms with van der Waals surface area (Å²) in [6, 6.07) is 0. The number of ether oxygens (including phenoxy) is 2. The largest absolute Gasteiger partial charge is 0.469 e. The van der Waals surface area contributed by atoms with E-state index in [9.17, 15) is 14.2 Å². The molecule has 0 spiro atoms. The summed E-state index contributed by atoms with van der Waals surface area (Å²) in [6.45, 7) is 3.58. The third-order valence-electron chi connectivity index (χ3n) is 7.35. The van der Waals surface area contributed by atoms with Gasteiger partial charge in [0.25, 0.3) is 0 Å². The molecule has 0 heterocycles. The van der Waals surface area contributed by atoms with Crippen LogP contribution in [0.3, 0.4) is 0 Å². The summed E-state index contributed by atoms with van der Waals surface area (Å²) in [5.41, 5.74) is 0. The number of allylic oxidation sites excluding steroid dienone is 8. The minimum absolute atomic E-state index is 0.136. The van der Waals surface area contributed by atoms with Crippen molar-refractivity contribution in [2.75, 3.05) is 13.2 Å². The summed E-state index contributed by atoms with van der Waals surface area (Å²) >= 11 is 0. The van der Waals surface area contributed by atoms with Crippen LogP contribution < -0.4 is 0 Å². The normalized spacial score (nSPS) is 13.0. The van der Waals surface area contributed by atoms with Gasteiger partial charge >= 0.3 is 19.8 Å².